The van der Waals surface area contributed by atoms with Gasteiger partial charge in [-0.3, -0.25) is 9.52 Å². The van der Waals surface area contributed by atoms with E-state index in [9.17, 15) is 18.0 Å². The maximum atomic E-state index is 12.9. The third kappa shape index (κ3) is 6.04. The number of ether oxygens (including phenoxy) is 1. The maximum Gasteiger partial charge on any atom is 0.355 e. The SMILES string of the molecule is O=C(NN=Cc1ccccc1OC(=O)c1sc2ccccc2c1Cl)c1ccc(NS(=O)(=O)c2ccccc2)cc1. The second kappa shape index (κ2) is 11.7. The second-order valence-electron chi connectivity index (χ2n) is 8.36. The minimum absolute atomic E-state index is 0.129. The summed E-state index contributed by atoms with van der Waals surface area (Å²) in [6.45, 7) is 0. The zero-order valence-corrected chi connectivity index (χ0v) is 23.0. The molecule has 0 radical (unpaired) electrons. The number of hydrogen-bond donors (Lipinski definition) is 2. The topological polar surface area (TPSA) is 114 Å². The van der Waals surface area contributed by atoms with Crippen molar-refractivity contribution in [2.45, 2.75) is 4.90 Å². The Bertz CT molecular complexity index is 1840. The van der Waals surface area contributed by atoms with Gasteiger partial charge in [-0.15, -0.1) is 11.3 Å². The van der Waals surface area contributed by atoms with Crippen molar-refractivity contribution in [3.8, 4) is 5.75 Å². The van der Waals surface area contributed by atoms with Crippen LogP contribution in [0.5, 0.6) is 5.75 Å². The lowest BCUT2D eigenvalue weighted by atomic mass is 10.2. The number of nitrogens with zero attached hydrogens (tertiary/aromatic N) is 1. The van der Waals surface area contributed by atoms with Gasteiger partial charge in [0.25, 0.3) is 15.9 Å². The number of carbonyl (C=O) groups is 2. The van der Waals surface area contributed by atoms with Gasteiger partial charge in [0.1, 0.15) is 10.6 Å². The summed E-state index contributed by atoms with van der Waals surface area (Å²) < 4.78 is 33.9. The lowest BCUT2D eigenvalue weighted by Gasteiger charge is -2.08. The van der Waals surface area contributed by atoms with Crippen LogP contribution < -0.4 is 14.9 Å². The minimum atomic E-state index is -3.75. The van der Waals surface area contributed by atoms with E-state index >= 15 is 0 Å². The first kappa shape index (κ1) is 27.1. The van der Waals surface area contributed by atoms with E-state index in [4.69, 9.17) is 16.3 Å². The Morgan fingerprint density at radius 2 is 1.52 bits per heavy atom. The Morgan fingerprint density at radius 3 is 2.27 bits per heavy atom. The number of esters is 1. The zero-order chi connectivity index (χ0) is 28.1. The van der Waals surface area contributed by atoms with Crippen molar-refractivity contribution in [3.63, 3.8) is 0 Å². The molecule has 0 bridgehead atoms. The number of thiophene rings is 1. The molecule has 0 atom stereocenters. The van der Waals surface area contributed by atoms with E-state index in [0.717, 1.165) is 10.1 Å². The molecular weight excluding hydrogens is 570 g/mol. The van der Waals surface area contributed by atoms with Crippen molar-refractivity contribution in [3.05, 3.63) is 124 Å². The van der Waals surface area contributed by atoms with Crippen LogP contribution in [-0.2, 0) is 10.0 Å². The van der Waals surface area contributed by atoms with E-state index in [0.29, 0.717) is 16.3 Å². The Kier molecular flexibility index (Phi) is 7.92. The summed E-state index contributed by atoms with van der Waals surface area (Å²) in [7, 11) is -3.75. The van der Waals surface area contributed by atoms with Crippen LogP contribution in [0.15, 0.2) is 113 Å². The molecule has 200 valence electrons. The predicted molar refractivity (Wildman–Crippen MR) is 157 cm³/mol. The molecule has 0 unspecified atom stereocenters. The lowest BCUT2D eigenvalue weighted by Crippen LogP contribution is -2.18. The first-order chi connectivity index (χ1) is 19.3. The number of fused-ring (bicyclic) bond motifs is 1. The van der Waals surface area contributed by atoms with Gasteiger partial charge in [0.2, 0.25) is 0 Å². The Hall–Kier alpha value is -4.51. The molecule has 4 aromatic carbocycles. The molecule has 1 heterocycles. The molecule has 11 heteroatoms. The van der Waals surface area contributed by atoms with E-state index in [1.807, 2.05) is 24.3 Å². The highest BCUT2D eigenvalue weighted by Crippen LogP contribution is 2.36. The van der Waals surface area contributed by atoms with Gasteiger partial charge in [-0.05, 0) is 54.6 Å². The molecule has 0 saturated carbocycles. The number of anilines is 1. The normalized spacial score (nSPS) is 11.4. The molecule has 1 aromatic heterocycles. The molecular formula is C29H20ClN3O5S2. The first-order valence-electron chi connectivity index (χ1n) is 11.8. The molecule has 0 saturated heterocycles. The van der Waals surface area contributed by atoms with Crippen molar-refractivity contribution >= 4 is 66.8 Å². The van der Waals surface area contributed by atoms with Gasteiger partial charge in [-0.1, -0.05) is 60.1 Å². The smallest absolute Gasteiger partial charge is 0.355 e. The van der Waals surface area contributed by atoms with Gasteiger partial charge in [-0.25, -0.2) is 18.6 Å². The maximum absolute atomic E-state index is 12.9. The summed E-state index contributed by atoms with van der Waals surface area (Å²) in [6, 6.07) is 28.0. The summed E-state index contributed by atoms with van der Waals surface area (Å²) in [4.78, 5) is 25.8. The molecule has 5 rings (SSSR count). The van der Waals surface area contributed by atoms with E-state index in [1.165, 1.54) is 53.9 Å². The summed E-state index contributed by atoms with van der Waals surface area (Å²) in [5.74, 6) is -0.867. The van der Waals surface area contributed by atoms with Gasteiger partial charge in [0.15, 0.2) is 0 Å². The molecule has 2 N–H and O–H groups in total. The Morgan fingerprint density at radius 1 is 0.850 bits per heavy atom. The fourth-order valence-corrected chi connectivity index (χ4v) is 6.16. The highest BCUT2D eigenvalue weighted by molar-refractivity contribution is 7.92. The zero-order valence-electron chi connectivity index (χ0n) is 20.6. The van der Waals surface area contributed by atoms with Gasteiger partial charge in [-0.2, -0.15) is 5.10 Å². The molecule has 5 aromatic rings. The number of para-hydroxylation sites is 1. The van der Waals surface area contributed by atoms with Crippen LogP contribution in [0.25, 0.3) is 10.1 Å². The highest BCUT2D eigenvalue weighted by atomic mass is 35.5. The van der Waals surface area contributed by atoms with Crippen molar-refractivity contribution in [1.82, 2.24) is 5.43 Å². The average Bonchev–Trinajstić information content (AvgIpc) is 3.31. The van der Waals surface area contributed by atoms with Gasteiger partial charge in [0.05, 0.1) is 16.1 Å². The number of hydrazone groups is 1. The largest absolute Gasteiger partial charge is 0.422 e. The molecule has 0 fully saturated rings. The quantitative estimate of drug-likeness (QED) is 0.0949. The molecule has 0 aliphatic rings. The fourth-order valence-electron chi connectivity index (χ4n) is 3.70. The standard InChI is InChI=1S/C29H20ClN3O5S2/c30-26-23-11-5-7-13-25(23)39-27(26)29(35)38-24-12-6-4-8-20(24)18-31-32-28(34)19-14-16-21(17-15-19)33-40(36,37)22-9-2-1-3-10-22/h1-18,33H,(H,32,34). The highest BCUT2D eigenvalue weighted by Gasteiger charge is 2.20. The second-order valence-corrected chi connectivity index (χ2v) is 11.5. The third-order valence-electron chi connectivity index (χ3n) is 5.66. The minimum Gasteiger partial charge on any atom is -0.422 e. The van der Waals surface area contributed by atoms with Crippen molar-refractivity contribution in [2.24, 2.45) is 5.10 Å². The fraction of sp³-hybridized carbons (Fsp3) is 0. The van der Waals surface area contributed by atoms with Gasteiger partial charge >= 0.3 is 5.97 Å². The van der Waals surface area contributed by atoms with Crippen LogP contribution in [0.2, 0.25) is 5.02 Å². The third-order valence-corrected chi connectivity index (χ3v) is 8.72. The molecule has 1 amide bonds. The van der Waals surface area contributed by atoms with E-state index in [-0.39, 0.29) is 21.1 Å². The summed E-state index contributed by atoms with van der Waals surface area (Å²) in [6.07, 6.45) is 1.36. The molecule has 0 aliphatic carbocycles. The molecule has 0 spiro atoms. The first-order valence-corrected chi connectivity index (χ1v) is 14.5. The van der Waals surface area contributed by atoms with Crippen LogP contribution in [0.1, 0.15) is 25.6 Å². The number of rotatable bonds is 8. The van der Waals surface area contributed by atoms with E-state index in [2.05, 4.69) is 15.2 Å². The molecule has 0 aliphatic heterocycles. The molecule has 8 nitrogen and oxygen atoms in total. The number of carbonyl (C=O) groups excluding carboxylic acids is 2. The predicted octanol–water partition coefficient (Wildman–Crippen LogP) is 6.34. The van der Waals surface area contributed by atoms with Gasteiger partial charge < -0.3 is 4.74 Å². The van der Waals surface area contributed by atoms with Crippen molar-refractivity contribution in [1.29, 1.82) is 0 Å². The van der Waals surface area contributed by atoms with Crippen LogP contribution in [0.3, 0.4) is 0 Å². The Balaban J connectivity index is 1.23. The van der Waals surface area contributed by atoms with E-state index in [1.54, 1.807) is 42.5 Å². The summed E-state index contributed by atoms with van der Waals surface area (Å²) in [5.41, 5.74) is 3.44. The van der Waals surface area contributed by atoms with Crippen LogP contribution in [-0.4, -0.2) is 26.5 Å². The van der Waals surface area contributed by atoms with Gasteiger partial charge in [0, 0.05) is 26.9 Å². The Labute approximate surface area is 238 Å². The number of halogens is 1. The lowest BCUT2D eigenvalue weighted by molar-refractivity contribution is 0.0739. The van der Waals surface area contributed by atoms with Crippen molar-refractivity contribution in [2.75, 3.05) is 4.72 Å². The van der Waals surface area contributed by atoms with E-state index < -0.39 is 21.9 Å². The summed E-state index contributed by atoms with van der Waals surface area (Å²) >= 11 is 7.65. The van der Waals surface area contributed by atoms with Crippen LogP contribution >= 0.6 is 22.9 Å². The monoisotopic (exact) mass is 589 g/mol. The number of amides is 1. The number of hydrogen-bond acceptors (Lipinski definition) is 7. The average molecular weight is 590 g/mol. The van der Waals surface area contributed by atoms with Crippen LogP contribution in [0.4, 0.5) is 5.69 Å². The number of benzene rings is 4. The molecule has 40 heavy (non-hydrogen) atoms. The number of nitrogens with one attached hydrogen (secondary N) is 2. The summed E-state index contributed by atoms with van der Waals surface area (Å²) in [5, 5.41) is 5.10. The van der Waals surface area contributed by atoms with Crippen LogP contribution in [0, 0.1) is 0 Å². The number of sulfonamides is 1. The van der Waals surface area contributed by atoms with Crippen molar-refractivity contribution < 1.29 is 22.7 Å².